The van der Waals surface area contributed by atoms with Gasteiger partial charge in [-0.2, -0.15) is 0 Å². The van der Waals surface area contributed by atoms with Crippen LogP contribution in [0.3, 0.4) is 0 Å². The van der Waals surface area contributed by atoms with E-state index in [0.29, 0.717) is 11.3 Å². The standard InChI is InChI=1S/C11H13BrO3/c1-7-4-8(6-12)5-9(14-2)10(7)11(13)15-3/h4-5H,6H2,1-3H3. The highest BCUT2D eigenvalue weighted by molar-refractivity contribution is 9.08. The van der Waals surface area contributed by atoms with E-state index >= 15 is 0 Å². The predicted octanol–water partition coefficient (Wildman–Crippen LogP) is 2.69. The summed E-state index contributed by atoms with van der Waals surface area (Å²) in [5.74, 6) is 0.182. The normalized spacial score (nSPS) is 9.87. The smallest absolute Gasteiger partial charge is 0.341 e. The molecule has 1 aromatic rings. The Kier molecular flexibility index (Phi) is 4.15. The molecule has 1 aromatic carbocycles. The minimum absolute atomic E-state index is 0.370. The summed E-state index contributed by atoms with van der Waals surface area (Å²) in [6, 6.07) is 3.76. The molecule has 0 amide bonds. The SMILES string of the molecule is COC(=O)c1c(C)cc(CBr)cc1OC. The van der Waals surface area contributed by atoms with Gasteiger partial charge in [0.2, 0.25) is 0 Å². The fourth-order valence-electron chi connectivity index (χ4n) is 1.43. The number of hydrogen-bond acceptors (Lipinski definition) is 3. The van der Waals surface area contributed by atoms with Crippen LogP contribution in [0.2, 0.25) is 0 Å². The van der Waals surface area contributed by atoms with Crippen LogP contribution in [0.15, 0.2) is 12.1 Å². The molecule has 0 atom stereocenters. The molecule has 4 heteroatoms. The van der Waals surface area contributed by atoms with Crippen LogP contribution in [0, 0.1) is 6.92 Å². The summed E-state index contributed by atoms with van der Waals surface area (Å²) in [6.07, 6.45) is 0. The van der Waals surface area contributed by atoms with Gasteiger partial charge in [-0.25, -0.2) is 4.79 Å². The van der Waals surface area contributed by atoms with Crippen LogP contribution >= 0.6 is 15.9 Å². The molecule has 1 rings (SSSR count). The van der Waals surface area contributed by atoms with Gasteiger partial charge in [-0.05, 0) is 24.1 Å². The van der Waals surface area contributed by atoms with E-state index in [2.05, 4.69) is 15.9 Å². The fourth-order valence-corrected chi connectivity index (χ4v) is 1.75. The summed E-state index contributed by atoms with van der Waals surface area (Å²) in [5, 5.41) is 0.728. The van der Waals surface area contributed by atoms with Gasteiger partial charge >= 0.3 is 5.97 Å². The lowest BCUT2D eigenvalue weighted by molar-refractivity contribution is 0.0596. The van der Waals surface area contributed by atoms with Gasteiger partial charge < -0.3 is 9.47 Å². The van der Waals surface area contributed by atoms with Crippen molar-refractivity contribution in [2.45, 2.75) is 12.3 Å². The number of halogens is 1. The first-order chi connectivity index (χ1) is 7.13. The van der Waals surface area contributed by atoms with E-state index in [4.69, 9.17) is 9.47 Å². The molecule has 0 heterocycles. The number of benzene rings is 1. The molecule has 0 aliphatic heterocycles. The van der Waals surface area contributed by atoms with Crippen LogP contribution in [0.1, 0.15) is 21.5 Å². The molecular weight excluding hydrogens is 260 g/mol. The van der Waals surface area contributed by atoms with Crippen molar-refractivity contribution in [1.29, 1.82) is 0 Å². The zero-order valence-electron chi connectivity index (χ0n) is 8.96. The minimum Gasteiger partial charge on any atom is -0.496 e. The Morgan fingerprint density at radius 3 is 2.53 bits per heavy atom. The Morgan fingerprint density at radius 2 is 2.07 bits per heavy atom. The van der Waals surface area contributed by atoms with Gasteiger partial charge in [0.1, 0.15) is 11.3 Å². The third kappa shape index (κ3) is 2.50. The molecule has 0 saturated heterocycles. The second kappa shape index (κ2) is 5.16. The van der Waals surface area contributed by atoms with E-state index in [1.54, 1.807) is 7.11 Å². The Morgan fingerprint density at radius 1 is 1.40 bits per heavy atom. The fraction of sp³-hybridized carbons (Fsp3) is 0.364. The van der Waals surface area contributed by atoms with Crippen LogP contribution < -0.4 is 4.74 Å². The summed E-state index contributed by atoms with van der Waals surface area (Å²) >= 11 is 3.36. The largest absolute Gasteiger partial charge is 0.496 e. The topological polar surface area (TPSA) is 35.5 Å². The van der Waals surface area contributed by atoms with Crippen LogP contribution in [0.5, 0.6) is 5.75 Å². The molecule has 0 radical (unpaired) electrons. The number of methoxy groups -OCH3 is 2. The Hall–Kier alpha value is -1.03. The van der Waals surface area contributed by atoms with Crippen molar-refractivity contribution in [2.75, 3.05) is 14.2 Å². The zero-order valence-corrected chi connectivity index (χ0v) is 10.6. The first-order valence-corrected chi connectivity index (χ1v) is 5.58. The van der Waals surface area contributed by atoms with Crippen molar-refractivity contribution >= 4 is 21.9 Å². The van der Waals surface area contributed by atoms with E-state index in [9.17, 15) is 4.79 Å². The summed E-state index contributed by atoms with van der Waals surface area (Å²) in [4.78, 5) is 11.5. The lowest BCUT2D eigenvalue weighted by atomic mass is 10.0. The van der Waals surface area contributed by atoms with Crippen LogP contribution in [-0.4, -0.2) is 20.2 Å². The van der Waals surface area contributed by atoms with Crippen molar-refractivity contribution in [3.63, 3.8) is 0 Å². The second-order valence-corrected chi connectivity index (χ2v) is 3.68. The first kappa shape index (κ1) is 12.0. The number of carbonyl (C=O) groups is 1. The lowest BCUT2D eigenvalue weighted by Crippen LogP contribution is -2.07. The third-order valence-corrected chi connectivity index (χ3v) is 2.77. The molecule has 0 bridgehead atoms. The quantitative estimate of drug-likeness (QED) is 0.627. The van der Waals surface area contributed by atoms with Gasteiger partial charge in [0.15, 0.2) is 0 Å². The van der Waals surface area contributed by atoms with E-state index < -0.39 is 0 Å². The lowest BCUT2D eigenvalue weighted by Gasteiger charge is -2.11. The maximum absolute atomic E-state index is 11.5. The average molecular weight is 273 g/mol. The average Bonchev–Trinajstić information content (AvgIpc) is 2.26. The number of rotatable bonds is 3. The predicted molar refractivity (Wildman–Crippen MR) is 61.7 cm³/mol. The molecule has 3 nitrogen and oxygen atoms in total. The highest BCUT2D eigenvalue weighted by atomic mass is 79.9. The maximum atomic E-state index is 11.5. The zero-order chi connectivity index (χ0) is 11.4. The highest BCUT2D eigenvalue weighted by Crippen LogP contribution is 2.26. The van der Waals surface area contributed by atoms with Gasteiger partial charge in [-0.1, -0.05) is 22.0 Å². The van der Waals surface area contributed by atoms with Crippen molar-refractivity contribution in [3.8, 4) is 5.75 Å². The van der Waals surface area contributed by atoms with Crippen LogP contribution in [-0.2, 0) is 10.1 Å². The molecular formula is C11H13BrO3. The molecule has 0 unspecified atom stereocenters. The van der Waals surface area contributed by atoms with Gasteiger partial charge in [-0.15, -0.1) is 0 Å². The maximum Gasteiger partial charge on any atom is 0.341 e. The van der Waals surface area contributed by atoms with Gasteiger partial charge in [-0.3, -0.25) is 0 Å². The van der Waals surface area contributed by atoms with E-state index in [1.807, 2.05) is 19.1 Å². The van der Waals surface area contributed by atoms with E-state index in [0.717, 1.165) is 16.5 Å². The highest BCUT2D eigenvalue weighted by Gasteiger charge is 2.16. The molecule has 82 valence electrons. The summed E-state index contributed by atoms with van der Waals surface area (Å²) in [6.45, 7) is 1.86. The van der Waals surface area contributed by atoms with Crippen molar-refractivity contribution < 1.29 is 14.3 Å². The molecule has 15 heavy (non-hydrogen) atoms. The van der Waals surface area contributed by atoms with Gasteiger partial charge in [0.05, 0.1) is 14.2 Å². The number of hydrogen-bond donors (Lipinski definition) is 0. The van der Waals surface area contributed by atoms with Crippen molar-refractivity contribution in [3.05, 3.63) is 28.8 Å². The van der Waals surface area contributed by atoms with Crippen molar-refractivity contribution in [2.24, 2.45) is 0 Å². The molecule has 0 fully saturated rings. The number of esters is 1. The first-order valence-electron chi connectivity index (χ1n) is 4.45. The number of ether oxygens (including phenoxy) is 2. The van der Waals surface area contributed by atoms with Crippen LogP contribution in [0.4, 0.5) is 0 Å². The Bertz CT molecular complexity index is 374. The summed E-state index contributed by atoms with van der Waals surface area (Å²) < 4.78 is 9.87. The molecule has 0 aromatic heterocycles. The molecule has 0 spiro atoms. The molecule has 0 N–H and O–H groups in total. The summed E-state index contributed by atoms with van der Waals surface area (Å²) in [7, 11) is 2.90. The number of aryl methyl sites for hydroxylation is 1. The Balaban J connectivity index is 3.30. The summed E-state index contributed by atoms with van der Waals surface area (Å²) in [5.41, 5.74) is 2.41. The third-order valence-electron chi connectivity index (χ3n) is 2.12. The minimum atomic E-state index is -0.370. The number of carbonyl (C=O) groups excluding carboxylic acids is 1. The molecule has 0 aliphatic rings. The van der Waals surface area contributed by atoms with Gasteiger partial charge in [0.25, 0.3) is 0 Å². The van der Waals surface area contributed by atoms with E-state index in [-0.39, 0.29) is 5.97 Å². The van der Waals surface area contributed by atoms with Gasteiger partial charge in [0, 0.05) is 5.33 Å². The molecule has 0 aliphatic carbocycles. The van der Waals surface area contributed by atoms with E-state index in [1.165, 1.54) is 7.11 Å². The number of alkyl halides is 1. The second-order valence-electron chi connectivity index (χ2n) is 3.12. The monoisotopic (exact) mass is 272 g/mol. The molecule has 0 saturated carbocycles. The Labute approximate surface area is 97.5 Å². The van der Waals surface area contributed by atoms with Crippen LogP contribution in [0.25, 0.3) is 0 Å². The van der Waals surface area contributed by atoms with Crippen molar-refractivity contribution in [1.82, 2.24) is 0 Å².